The fraction of sp³-hybridized carbons (Fsp3) is 0.562. The van der Waals surface area contributed by atoms with Crippen molar-refractivity contribution in [1.29, 1.82) is 0 Å². The summed E-state index contributed by atoms with van der Waals surface area (Å²) in [6, 6.07) is 10.4. The van der Waals surface area contributed by atoms with Crippen LogP contribution in [-0.2, 0) is 16.0 Å². The van der Waals surface area contributed by atoms with Crippen molar-refractivity contribution in [2.45, 2.75) is 39.8 Å². The zero-order chi connectivity index (χ0) is 13.9. The molecule has 0 spiro atoms. The van der Waals surface area contributed by atoms with Crippen molar-refractivity contribution in [1.82, 2.24) is 5.32 Å². The second-order valence-electron chi connectivity index (χ2n) is 6.27. The molecule has 104 valence electrons. The molecular formula is C16H23NO2. The van der Waals surface area contributed by atoms with E-state index in [4.69, 9.17) is 4.74 Å². The zero-order valence-electron chi connectivity index (χ0n) is 12.0. The van der Waals surface area contributed by atoms with Crippen LogP contribution in [0.5, 0.6) is 0 Å². The summed E-state index contributed by atoms with van der Waals surface area (Å²) in [6.45, 7) is 6.57. The van der Waals surface area contributed by atoms with Crippen molar-refractivity contribution in [3.05, 3.63) is 35.9 Å². The monoisotopic (exact) mass is 261 g/mol. The third kappa shape index (κ3) is 3.80. The van der Waals surface area contributed by atoms with Gasteiger partial charge >= 0.3 is 5.97 Å². The standard InChI is InChI=1S/C16H23NO2/c1-16(2,3)15(18)19-14-13(9-10-17-14)11-12-7-5-4-6-8-12/h4-8,13-14,17H,9-11H2,1-3H3. The van der Waals surface area contributed by atoms with E-state index in [0.29, 0.717) is 5.92 Å². The van der Waals surface area contributed by atoms with Gasteiger partial charge in [0.1, 0.15) is 0 Å². The Kier molecular flexibility index (Phi) is 4.25. The van der Waals surface area contributed by atoms with E-state index in [0.717, 1.165) is 19.4 Å². The maximum absolute atomic E-state index is 12.0. The van der Waals surface area contributed by atoms with Gasteiger partial charge in [0.05, 0.1) is 5.41 Å². The number of nitrogens with one attached hydrogen (secondary N) is 1. The van der Waals surface area contributed by atoms with Crippen molar-refractivity contribution in [2.75, 3.05) is 6.54 Å². The molecular weight excluding hydrogens is 238 g/mol. The highest BCUT2D eigenvalue weighted by Gasteiger charge is 2.33. The lowest BCUT2D eigenvalue weighted by Gasteiger charge is -2.24. The van der Waals surface area contributed by atoms with Crippen LogP contribution in [-0.4, -0.2) is 18.7 Å². The van der Waals surface area contributed by atoms with E-state index >= 15 is 0 Å². The van der Waals surface area contributed by atoms with Crippen LogP contribution in [0.15, 0.2) is 30.3 Å². The van der Waals surface area contributed by atoms with E-state index in [-0.39, 0.29) is 12.2 Å². The quantitative estimate of drug-likeness (QED) is 0.850. The molecule has 0 bridgehead atoms. The first-order valence-corrected chi connectivity index (χ1v) is 6.95. The fourth-order valence-electron chi connectivity index (χ4n) is 2.28. The van der Waals surface area contributed by atoms with Crippen molar-refractivity contribution in [2.24, 2.45) is 11.3 Å². The van der Waals surface area contributed by atoms with E-state index in [9.17, 15) is 4.79 Å². The van der Waals surface area contributed by atoms with Crippen LogP contribution in [0.4, 0.5) is 0 Å². The Balaban J connectivity index is 1.96. The average Bonchev–Trinajstić information content (AvgIpc) is 2.77. The highest BCUT2D eigenvalue weighted by Crippen LogP contribution is 2.24. The fourth-order valence-corrected chi connectivity index (χ4v) is 2.28. The third-order valence-electron chi connectivity index (χ3n) is 3.48. The molecule has 0 radical (unpaired) electrons. The van der Waals surface area contributed by atoms with E-state index in [1.54, 1.807) is 0 Å². The summed E-state index contributed by atoms with van der Waals surface area (Å²) >= 11 is 0. The first kappa shape index (κ1) is 14.1. The Morgan fingerprint density at radius 1 is 1.32 bits per heavy atom. The van der Waals surface area contributed by atoms with Gasteiger partial charge in [0, 0.05) is 5.92 Å². The first-order chi connectivity index (χ1) is 8.97. The van der Waals surface area contributed by atoms with Crippen LogP contribution in [0, 0.1) is 11.3 Å². The molecule has 1 aliphatic heterocycles. The summed E-state index contributed by atoms with van der Waals surface area (Å²) in [5.74, 6) is 0.235. The second kappa shape index (κ2) is 5.74. The van der Waals surface area contributed by atoms with Crippen molar-refractivity contribution < 1.29 is 9.53 Å². The number of hydrogen-bond acceptors (Lipinski definition) is 3. The minimum atomic E-state index is -0.443. The molecule has 1 saturated heterocycles. The summed E-state index contributed by atoms with van der Waals surface area (Å²) in [6.07, 6.45) is 1.86. The minimum absolute atomic E-state index is 0.134. The zero-order valence-corrected chi connectivity index (χ0v) is 12.0. The Morgan fingerprint density at radius 3 is 2.63 bits per heavy atom. The van der Waals surface area contributed by atoms with Crippen LogP contribution < -0.4 is 5.32 Å². The number of benzene rings is 1. The second-order valence-corrected chi connectivity index (χ2v) is 6.27. The van der Waals surface area contributed by atoms with Gasteiger partial charge in [-0.1, -0.05) is 30.3 Å². The summed E-state index contributed by atoms with van der Waals surface area (Å²) in [7, 11) is 0. The molecule has 1 aromatic rings. The number of hydrogen-bond donors (Lipinski definition) is 1. The molecule has 2 unspecified atom stereocenters. The van der Waals surface area contributed by atoms with Crippen molar-refractivity contribution in [3.63, 3.8) is 0 Å². The lowest BCUT2D eigenvalue weighted by Crippen LogP contribution is -2.37. The topological polar surface area (TPSA) is 38.3 Å². The van der Waals surface area contributed by atoms with Gasteiger partial charge in [-0.2, -0.15) is 0 Å². The van der Waals surface area contributed by atoms with E-state index in [1.165, 1.54) is 5.56 Å². The van der Waals surface area contributed by atoms with Crippen LogP contribution in [0.2, 0.25) is 0 Å². The Labute approximate surface area is 115 Å². The Morgan fingerprint density at radius 2 is 2.00 bits per heavy atom. The average molecular weight is 261 g/mol. The summed E-state index contributed by atoms with van der Waals surface area (Å²) in [4.78, 5) is 12.0. The van der Waals surface area contributed by atoms with Crippen LogP contribution in [0.25, 0.3) is 0 Å². The molecule has 3 nitrogen and oxygen atoms in total. The number of rotatable bonds is 3. The highest BCUT2D eigenvalue weighted by atomic mass is 16.6. The lowest BCUT2D eigenvalue weighted by atomic mass is 9.95. The molecule has 1 N–H and O–H groups in total. The van der Waals surface area contributed by atoms with Gasteiger partial charge in [-0.3, -0.25) is 10.1 Å². The maximum Gasteiger partial charge on any atom is 0.312 e. The van der Waals surface area contributed by atoms with E-state index < -0.39 is 5.41 Å². The normalized spacial score (nSPS) is 23.3. The molecule has 0 aromatic heterocycles. The summed E-state index contributed by atoms with van der Waals surface area (Å²) in [5, 5.41) is 3.29. The molecule has 0 saturated carbocycles. The minimum Gasteiger partial charge on any atom is -0.446 e. The molecule has 1 fully saturated rings. The van der Waals surface area contributed by atoms with E-state index in [2.05, 4.69) is 17.4 Å². The summed E-state index contributed by atoms with van der Waals surface area (Å²) in [5.41, 5.74) is 0.856. The number of esters is 1. The van der Waals surface area contributed by atoms with Gasteiger partial charge in [0.25, 0.3) is 0 Å². The molecule has 19 heavy (non-hydrogen) atoms. The van der Waals surface area contributed by atoms with Gasteiger partial charge in [-0.05, 0) is 45.7 Å². The van der Waals surface area contributed by atoms with Crippen molar-refractivity contribution in [3.8, 4) is 0 Å². The molecule has 0 aliphatic carbocycles. The molecule has 2 atom stereocenters. The predicted molar refractivity (Wildman–Crippen MR) is 75.6 cm³/mol. The maximum atomic E-state index is 12.0. The van der Waals surface area contributed by atoms with Gasteiger partial charge in [-0.15, -0.1) is 0 Å². The Bertz CT molecular complexity index is 422. The molecule has 0 amide bonds. The van der Waals surface area contributed by atoms with Gasteiger partial charge in [0.2, 0.25) is 0 Å². The predicted octanol–water partition coefficient (Wildman–Crippen LogP) is 2.75. The third-order valence-corrected chi connectivity index (χ3v) is 3.48. The number of carbonyl (C=O) groups excluding carboxylic acids is 1. The SMILES string of the molecule is CC(C)(C)C(=O)OC1NCCC1Cc1ccccc1. The van der Waals surface area contributed by atoms with Crippen LogP contribution in [0.1, 0.15) is 32.8 Å². The molecule has 2 rings (SSSR count). The van der Waals surface area contributed by atoms with Crippen molar-refractivity contribution >= 4 is 5.97 Å². The summed E-state index contributed by atoms with van der Waals surface area (Å²) < 4.78 is 5.61. The largest absolute Gasteiger partial charge is 0.446 e. The van der Waals surface area contributed by atoms with Gasteiger partial charge < -0.3 is 4.74 Å². The van der Waals surface area contributed by atoms with E-state index in [1.807, 2.05) is 39.0 Å². The van der Waals surface area contributed by atoms with Crippen LogP contribution in [0.3, 0.4) is 0 Å². The number of carbonyl (C=O) groups is 1. The first-order valence-electron chi connectivity index (χ1n) is 6.95. The van der Waals surface area contributed by atoms with Crippen LogP contribution >= 0.6 is 0 Å². The highest BCUT2D eigenvalue weighted by molar-refractivity contribution is 5.75. The molecule has 1 aliphatic rings. The molecule has 1 heterocycles. The van der Waals surface area contributed by atoms with Gasteiger partial charge in [0.15, 0.2) is 6.23 Å². The smallest absolute Gasteiger partial charge is 0.312 e. The molecule has 3 heteroatoms. The Hall–Kier alpha value is -1.35. The molecule has 1 aromatic carbocycles. The van der Waals surface area contributed by atoms with Gasteiger partial charge in [-0.25, -0.2) is 0 Å². The number of ether oxygens (including phenoxy) is 1. The lowest BCUT2D eigenvalue weighted by molar-refractivity contribution is -0.161.